The van der Waals surface area contributed by atoms with E-state index >= 15 is 0 Å². The van der Waals surface area contributed by atoms with Crippen molar-refractivity contribution in [1.82, 2.24) is 0 Å². The summed E-state index contributed by atoms with van der Waals surface area (Å²) in [5.74, 6) is -0.207. The summed E-state index contributed by atoms with van der Waals surface area (Å²) in [6.07, 6.45) is 0.206. The number of nitrogens with zero attached hydrogens (tertiary/aromatic N) is 1. The quantitative estimate of drug-likeness (QED) is 0.535. The molecule has 0 aliphatic heterocycles. The monoisotopic (exact) mass is 346 g/mol. The Bertz CT molecular complexity index is 935. The van der Waals surface area contributed by atoms with Gasteiger partial charge in [-0.3, -0.25) is 14.9 Å². The Morgan fingerprint density at radius 1 is 0.962 bits per heavy atom. The van der Waals surface area contributed by atoms with Crippen LogP contribution in [0.3, 0.4) is 0 Å². The van der Waals surface area contributed by atoms with Gasteiger partial charge < -0.3 is 5.32 Å². The molecule has 0 unspecified atom stereocenters. The van der Waals surface area contributed by atoms with E-state index in [1.54, 1.807) is 13.0 Å². The highest BCUT2D eigenvalue weighted by molar-refractivity contribution is 5.93. The molecule has 0 atom stereocenters. The molecule has 0 fully saturated rings. The lowest BCUT2D eigenvalue weighted by atomic mass is 10.0. The van der Waals surface area contributed by atoms with Crippen molar-refractivity contribution in [2.75, 3.05) is 5.32 Å². The Morgan fingerprint density at radius 3 is 2.27 bits per heavy atom. The third kappa shape index (κ3) is 4.13. The van der Waals surface area contributed by atoms with Gasteiger partial charge in [-0.25, -0.2) is 0 Å². The molecule has 0 spiro atoms. The molecule has 5 heteroatoms. The Hall–Kier alpha value is -3.47. The molecule has 3 aromatic rings. The van der Waals surface area contributed by atoms with Crippen LogP contribution in [0.1, 0.15) is 11.1 Å². The fourth-order valence-corrected chi connectivity index (χ4v) is 2.68. The Kier molecular flexibility index (Phi) is 5.08. The van der Waals surface area contributed by atoms with Crippen LogP contribution in [0.15, 0.2) is 72.8 Å². The smallest absolute Gasteiger partial charge is 0.271 e. The standard InChI is InChI=1S/C21H18N2O3/c1-15-7-12-19(23(25)26)14-20(15)22-21(24)13-16-8-10-18(11-9-16)17-5-3-2-4-6-17/h2-12,14H,13H2,1H3,(H,22,24). The summed E-state index contributed by atoms with van der Waals surface area (Å²) in [6.45, 7) is 1.80. The molecule has 0 saturated heterocycles. The van der Waals surface area contributed by atoms with E-state index < -0.39 is 4.92 Å². The van der Waals surface area contributed by atoms with Crippen LogP contribution in [0.4, 0.5) is 11.4 Å². The molecule has 26 heavy (non-hydrogen) atoms. The van der Waals surface area contributed by atoms with E-state index in [1.165, 1.54) is 12.1 Å². The van der Waals surface area contributed by atoms with Gasteiger partial charge in [-0.1, -0.05) is 60.7 Å². The van der Waals surface area contributed by atoms with Gasteiger partial charge in [0.2, 0.25) is 5.91 Å². The predicted octanol–water partition coefficient (Wildman–Crippen LogP) is 4.75. The van der Waals surface area contributed by atoms with E-state index in [0.29, 0.717) is 5.69 Å². The van der Waals surface area contributed by atoms with Gasteiger partial charge in [0, 0.05) is 12.1 Å². The minimum Gasteiger partial charge on any atom is -0.325 e. The molecule has 0 bridgehead atoms. The lowest BCUT2D eigenvalue weighted by Gasteiger charge is -2.09. The number of rotatable bonds is 5. The number of nitrogens with one attached hydrogen (secondary N) is 1. The number of benzene rings is 3. The van der Waals surface area contributed by atoms with Gasteiger partial charge in [-0.05, 0) is 29.2 Å². The van der Waals surface area contributed by atoms with Gasteiger partial charge in [0.1, 0.15) is 0 Å². The minimum absolute atomic E-state index is 0.0434. The van der Waals surface area contributed by atoms with Gasteiger partial charge in [0.05, 0.1) is 17.0 Å². The van der Waals surface area contributed by atoms with Crippen molar-refractivity contribution < 1.29 is 9.72 Å². The zero-order valence-corrected chi connectivity index (χ0v) is 14.3. The van der Waals surface area contributed by atoms with Crippen LogP contribution < -0.4 is 5.32 Å². The number of carbonyl (C=O) groups excluding carboxylic acids is 1. The largest absolute Gasteiger partial charge is 0.325 e. The summed E-state index contributed by atoms with van der Waals surface area (Å²) in [4.78, 5) is 22.7. The van der Waals surface area contributed by atoms with E-state index in [9.17, 15) is 14.9 Å². The Morgan fingerprint density at radius 2 is 1.62 bits per heavy atom. The first-order valence-corrected chi connectivity index (χ1v) is 8.22. The molecule has 5 nitrogen and oxygen atoms in total. The lowest BCUT2D eigenvalue weighted by molar-refractivity contribution is -0.384. The summed E-state index contributed by atoms with van der Waals surface area (Å²) in [5.41, 5.74) is 4.29. The van der Waals surface area contributed by atoms with Gasteiger partial charge in [-0.15, -0.1) is 0 Å². The number of hydrogen-bond acceptors (Lipinski definition) is 3. The number of amides is 1. The third-order valence-electron chi connectivity index (χ3n) is 4.13. The molecular weight excluding hydrogens is 328 g/mol. The van der Waals surface area contributed by atoms with Gasteiger partial charge in [-0.2, -0.15) is 0 Å². The first-order valence-electron chi connectivity index (χ1n) is 8.22. The molecule has 0 saturated carbocycles. The second-order valence-corrected chi connectivity index (χ2v) is 6.04. The SMILES string of the molecule is Cc1ccc([N+](=O)[O-])cc1NC(=O)Cc1ccc(-c2ccccc2)cc1. The lowest BCUT2D eigenvalue weighted by Crippen LogP contribution is -2.15. The number of anilines is 1. The fraction of sp³-hybridized carbons (Fsp3) is 0.0952. The summed E-state index contributed by atoms with van der Waals surface area (Å²) in [7, 11) is 0. The van der Waals surface area contributed by atoms with E-state index in [2.05, 4.69) is 5.32 Å². The first-order chi connectivity index (χ1) is 12.5. The van der Waals surface area contributed by atoms with E-state index in [-0.39, 0.29) is 18.0 Å². The van der Waals surface area contributed by atoms with Crippen LogP contribution in [0.5, 0.6) is 0 Å². The number of carbonyl (C=O) groups is 1. The van der Waals surface area contributed by atoms with Crippen molar-refractivity contribution in [2.24, 2.45) is 0 Å². The summed E-state index contributed by atoms with van der Waals surface area (Å²) >= 11 is 0. The summed E-state index contributed by atoms with van der Waals surface area (Å²) < 4.78 is 0. The molecule has 130 valence electrons. The third-order valence-corrected chi connectivity index (χ3v) is 4.13. The van der Waals surface area contributed by atoms with Crippen LogP contribution in [0.25, 0.3) is 11.1 Å². The molecule has 0 radical (unpaired) electrons. The average Bonchev–Trinajstić information content (AvgIpc) is 2.64. The van der Waals surface area contributed by atoms with E-state index in [4.69, 9.17) is 0 Å². The highest BCUT2D eigenvalue weighted by Gasteiger charge is 2.11. The average molecular weight is 346 g/mol. The van der Waals surface area contributed by atoms with Gasteiger partial charge >= 0.3 is 0 Å². The second kappa shape index (κ2) is 7.61. The van der Waals surface area contributed by atoms with Gasteiger partial charge in [0.25, 0.3) is 5.69 Å². The number of non-ortho nitro benzene ring substituents is 1. The normalized spacial score (nSPS) is 10.3. The van der Waals surface area contributed by atoms with Crippen LogP contribution in [-0.2, 0) is 11.2 Å². The molecule has 1 amide bonds. The number of nitro benzene ring substituents is 1. The molecule has 0 aromatic heterocycles. The van der Waals surface area contributed by atoms with Crippen molar-refractivity contribution in [3.8, 4) is 11.1 Å². The van der Waals surface area contributed by atoms with Crippen molar-refractivity contribution in [3.05, 3.63) is 94.0 Å². The highest BCUT2D eigenvalue weighted by Crippen LogP contribution is 2.23. The van der Waals surface area contributed by atoms with Crippen LogP contribution in [0.2, 0.25) is 0 Å². The zero-order chi connectivity index (χ0) is 18.5. The van der Waals surface area contributed by atoms with Crippen molar-refractivity contribution in [1.29, 1.82) is 0 Å². The fourth-order valence-electron chi connectivity index (χ4n) is 2.68. The second-order valence-electron chi connectivity index (χ2n) is 6.04. The Labute approximate surface area is 151 Å². The molecule has 1 N–H and O–H groups in total. The van der Waals surface area contributed by atoms with E-state index in [0.717, 1.165) is 22.3 Å². The zero-order valence-electron chi connectivity index (χ0n) is 14.3. The molecule has 0 aliphatic rings. The predicted molar refractivity (Wildman–Crippen MR) is 102 cm³/mol. The highest BCUT2D eigenvalue weighted by atomic mass is 16.6. The molecule has 3 aromatic carbocycles. The molecule has 0 aliphatic carbocycles. The van der Waals surface area contributed by atoms with Gasteiger partial charge in [0.15, 0.2) is 0 Å². The van der Waals surface area contributed by atoms with Crippen molar-refractivity contribution >= 4 is 17.3 Å². The summed E-state index contributed by atoms with van der Waals surface area (Å²) in [6, 6.07) is 22.2. The molecule has 0 heterocycles. The van der Waals surface area contributed by atoms with Crippen LogP contribution >= 0.6 is 0 Å². The maximum atomic E-state index is 12.3. The van der Waals surface area contributed by atoms with Crippen LogP contribution in [-0.4, -0.2) is 10.8 Å². The van der Waals surface area contributed by atoms with E-state index in [1.807, 2.05) is 54.6 Å². The maximum Gasteiger partial charge on any atom is 0.271 e. The number of nitro groups is 1. The van der Waals surface area contributed by atoms with Crippen LogP contribution in [0, 0.1) is 17.0 Å². The molecule has 3 rings (SSSR count). The maximum absolute atomic E-state index is 12.3. The molecular formula is C21H18N2O3. The first kappa shape index (κ1) is 17.4. The minimum atomic E-state index is -0.475. The van der Waals surface area contributed by atoms with Crippen molar-refractivity contribution in [3.63, 3.8) is 0 Å². The van der Waals surface area contributed by atoms with Crippen molar-refractivity contribution in [2.45, 2.75) is 13.3 Å². The number of aryl methyl sites for hydroxylation is 1. The summed E-state index contributed by atoms with van der Waals surface area (Å²) in [5, 5.41) is 13.6. The number of hydrogen-bond donors (Lipinski definition) is 1. The Balaban J connectivity index is 1.69. The topological polar surface area (TPSA) is 72.2 Å².